The van der Waals surface area contributed by atoms with Gasteiger partial charge in [0, 0.05) is 5.69 Å². The average molecular weight is 307 g/mol. The number of carbonyl (C=O) groups is 2. The predicted octanol–water partition coefficient (Wildman–Crippen LogP) is 3.34. The van der Waals surface area contributed by atoms with E-state index in [-0.39, 0.29) is 5.56 Å². The van der Waals surface area contributed by atoms with Crippen LogP contribution in [0.2, 0.25) is 0 Å². The van der Waals surface area contributed by atoms with Crippen LogP contribution in [0.25, 0.3) is 10.8 Å². The average Bonchev–Trinajstić information content (AvgIpc) is 2.54. The van der Waals surface area contributed by atoms with Gasteiger partial charge in [-0.25, -0.2) is 9.59 Å². The Morgan fingerprint density at radius 1 is 0.826 bits per heavy atom. The zero-order valence-corrected chi connectivity index (χ0v) is 12.0. The molecule has 5 heteroatoms. The summed E-state index contributed by atoms with van der Waals surface area (Å²) in [6, 6.07) is 16.2. The van der Waals surface area contributed by atoms with E-state index in [0.29, 0.717) is 17.0 Å². The number of nitrogen functional groups attached to an aromatic ring is 1. The number of hydrogen-bond donors (Lipinski definition) is 2. The number of nitrogens with two attached hydrogens (primary N) is 1. The Balaban J connectivity index is 1.86. The summed E-state index contributed by atoms with van der Waals surface area (Å²) >= 11 is 0. The fraction of sp³-hybridized carbons (Fsp3) is 0. The minimum absolute atomic E-state index is 0.212. The molecule has 0 aliphatic heterocycles. The molecule has 3 rings (SSSR count). The summed E-state index contributed by atoms with van der Waals surface area (Å²) < 4.78 is 5.33. The summed E-state index contributed by atoms with van der Waals surface area (Å²) in [5.41, 5.74) is 6.77. The molecule has 0 amide bonds. The van der Waals surface area contributed by atoms with E-state index >= 15 is 0 Å². The largest absolute Gasteiger partial charge is 0.478 e. The molecule has 0 spiro atoms. The number of rotatable bonds is 3. The molecule has 23 heavy (non-hydrogen) atoms. The van der Waals surface area contributed by atoms with Gasteiger partial charge in [0.2, 0.25) is 0 Å². The van der Waals surface area contributed by atoms with Gasteiger partial charge in [-0.2, -0.15) is 0 Å². The van der Waals surface area contributed by atoms with E-state index in [1.807, 2.05) is 0 Å². The molecule has 0 saturated heterocycles. The van der Waals surface area contributed by atoms with E-state index in [0.717, 1.165) is 10.8 Å². The first kappa shape index (κ1) is 14.6. The molecule has 0 radical (unpaired) electrons. The number of ether oxygens (including phenoxy) is 1. The van der Waals surface area contributed by atoms with Crippen LogP contribution in [0.5, 0.6) is 5.75 Å². The third-order valence-electron chi connectivity index (χ3n) is 3.42. The molecule has 0 aromatic heterocycles. The van der Waals surface area contributed by atoms with Gasteiger partial charge in [0.15, 0.2) is 0 Å². The highest BCUT2D eigenvalue weighted by Gasteiger charge is 2.09. The fourth-order valence-corrected chi connectivity index (χ4v) is 2.21. The van der Waals surface area contributed by atoms with Crippen LogP contribution < -0.4 is 10.5 Å². The molecule has 3 N–H and O–H groups in total. The number of fused-ring (bicyclic) bond motifs is 1. The van der Waals surface area contributed by atoms with Gasteiger partial charge in [-0.3, -0.25) is 0 Å². The lowest BCUT2D eigenvalue weighted by molar-refractivity contribution is 0.0694. The quantitative estimate of drug-likeness (QED) is 0.440. The second-order valence-electron chi connectivity index (χ2n) is 5.04. The first-order valence-electron chi connectivity index (χ1n) is 6.88. The van der Waals surface area contributed by atoms with Crippen LogP contribution in [0, 0.1) is 0 Å². The van der Waals surface area contributed by atoms with E-state index in [9.17, 15) is 9.59 Å². The number of carboxylic acids is 1. The number of aromatic carboxylic acids is 1. The van der Waals surface area contributed by atoms with Crippen LogP contribution in [0.4, 0.5) is 5.69 Å². The lowest BCUT2D eigenvalue weighted by Gasteiger charge is -2.06. The van der Waals surface area contributed by atoms with E-state index in [2.05, 4.69) is 0 Å². The first-order chi connectivity index (χ1) is 11.0. The van der Waals surface area contributed by atoms with Gasteiger partial charge in [0.1, 0.15) is 5.75 Å². The topological polar surface area (TPSA) is 89.6 Å². The van der Waals surface area contributed by atoms with Gasteiger partial charge in [-0.05, 0) is 59.3 Å². The third-order valence-corrected chi connectivity index (χ3v) is 3.42. The van der Waals surface area contributed by atoms with Crippen molar-refractivity contribution < 1.29 is 19.4 Å². The Hall–Kier alpha value is -3.34. The Morgan fingerprint density at radius 3 is 2.13 bits per heavy atom. The number of anilines is 1. The summed E-state index contributed by atoms with van der Waals surface area (Å²) in [5, 5.41) is 10.5. The van der Waals surface area contributed by atoms with Crippen molar-refractivity contribution >= 4 is 28.4 Å². The molecule has 3 aromatic carbocycles. The zero-order chi connectivity index (χ0) is 16.4. The van der Waals surface area contributed by atoms with Gasteiger partial charge in [0.05, 0.1) is 11.1 Å². The first-order valence-corrected chi connectivity index (χ1v) is 6.88. The Morgan fingerprint density at radius 2 is 1.43 bits per heavy atom. The van der Waals surface area contributed by atoms with Gasteiger partial charge in [-0.15, -0.1) is 0 Å². The number of esters is 1. The minimum Gasteiger partial charge on any atom is -0.478 e. The highest BCUT2D eigenvalue weighted by molar-refractivity contribution is 5.95. The SMILES string of the molecule is Nc1ccc(C(=O)Oc2ccc3cc(C(=O)O)ccc3c2)cc1. The fourth-order valence-electron chi connectivity index (χ4n) is 2.21. The molecular formula is C18H13NO4. The second-order valence-corrected chi connectivity index (χ2v) is 5.04. The maximum absolute atomic E-state index is 12.1. The maximum atomic E-state index is 12.1. The van der Waals surface area contributed by atoms with Gasteiger partial charge < -0.3 is 15.6 Å². The van der Waals surface area contributed by atoms with Crippen molar-refractivity contribution in [2.75, 3.05) is 5.73 Å². The summed E-state index contributed by atoms with van der Waals surface area (Å²) in [6.45, 7) is 0. The van der Waals surface area contributed by atoms with E-state index in [1.165, 1.54) is 6.07 Å². The molecule has 0 atom stereocenters. The molecule has 5 nitrogen and oxygen atoms in total. The highest BCUT2D eigenvalue weighted by Crippen LogP contribution is 2.23. The number of hydrogen-bond acceptors (Lipinski definition) is 4. The third kappa shape index (κ3) is 3.13. The second kappa shape index (κ2) is 5.81. The summed E-state index contributed by atoms with van der Waals surface area (Å²) in [5.74, 6) is -1.07. The van der Waals surface area contributed by atoms with Crippen molar-refractivity contribution in [3.8, 4) is 5.75 Å². The van der Waals surface area contributed by atoms with Gasteiger partial charge >= 0.3 is 11.9 Å². The van der Waals surface area contributed by atoms with Crippen molar-refractivity contribution in [3.05, 3.63) is 71.8 Å². The maximum Gasteiger partial charge on any atom is 0.343 e. The van der Waals surface area contributed by atoms with Gasteiger partial charge in [-0.1, -0.05) is 12.1 Å². The molecule has 0 bridgehead atoms. The molecule has 114 valence electrons. The molecule has 3 aromatic rings. The van der Waals surface area contributed by atoms with Crippen LogP contribution in [0.1, 0.15) is 20.7 Å². The standard InChI is InChI=1S/C18H13NO4/c19-15-6-3-11(4-7-15)18(22)23-16-8-5-12-9-14(17(20)21)2-1-13(12)10-16/h1-10H,19H2,(H,20,21). The predicted molar refractivity (Wildman–Crippen MR) is 86.7 cm³/mol. The Bertz CT molecular complexity index is 901. The lowest BCUT2D eigenvalue weighted by atomic mass is 10.1. The van der Waals surface area contributed by atoms with Crippen LogP contribution in [0.3, 0.4) is 0 Å². The lowest BCUT2D eigenvalue weighted by Crippen LogP contribution is -2.08. The summed E-state index contributed by atoms with van der Waals surface area (Å²) in [4.78, 5) is 23.0. The molecule has 0 unspecified atom stereocenters. The molecule has 0 fully saturated rings. The van der Waals surface area contributed by atoms with E-state index < -0.39 is 11.9 Å². The van der Waals surface area contributed by atoms with Crippen molar-refractivity contribution in [1.29, 1.82) is 0 Å². The van der Waals surface area contributed by atoms with E-state index in [1.54, 1.807) is 54.6 Å². The van der Waals surface area contributed by atoms with Gasteiger partial charge in [0.25, 0.3) is 0 Å². The minimum atomic E-state index is -0.981. The Labute approximate surface area is 131 Å². The molecule has 0 saturated carbocycles. The molecular weight excluding hydrogens is 294 g/mol. The smallest absolute Gasteiger partial charge is 0.343 e. The van der Waals surface area contributed by atoms with Crippen LogP contribution in [-0.4, -0.2) is 17.0 Å². The highest BCUT2D eigenvalue weighted by atomic mass is 16.5. The monoisotopic (exact) mass is 307 g/mol. The van der Waals surface area contributed by atoms with Crippen molar-refractivity contribution in [1.82, 2.24) is 0 Å². The molecule has 0 aliphatic rings. The van der Waals surface area contributed by atoms with Crippen LogP contribution >= 0.6 is 0 Å². The van der Waals surface area contributed by atoms with Crippen molar-refractivity contribution in [3.63, 3.8) is 0 Å². The number of benzene rings is 3. The molecule has 0 heterocycles. The van der Waals surface area contributed by atoms with Crippen LogP contribution in [-0.2, 0) is 0 Å². The van der Waals surface area contributed by atoms with Crippen molar-refractivity contribution in [2.24, 2.45) is 0 Å². The zero-order valence-electron chi connectivity index (χ0n) is 12.0. The number of carboxylic acid groups (broad SMARTS) is 1. The van der Waals surface area contributed by atoms with Crippen molar-refractivity contribution in [2.45, 2.75) is 0 Å². The number of carbonyl (C=O) groups excluding carboxylic acids is 1. The normalized spacial score (nSPS) is 10.4. The molecule has 0 aliphatic carbocycles. The van der Waals surface area contributed by atoms with E-state index in [4.69, 9.17) is 15.6 Å². The Kier molecular flexibility index (Phi) is 3.68. The van der Waals surface area contributed by atoms with Crippen LogP contribution in [0.15, 0.2) is 60.7 Å². The summed E-state index contributed by atoms with van der Waals surface area (Å²) in [7, 11) is 0. The summed E-state index contributed by atoms with van der Waals surface area (Å²) in [6.07, 6.45) is 0.